The minimum absolute atomic E-state index is 0.0200. The molecule has 0 aliphatic carbocycles. The standard InChI is InChI=1S/C27H27N5O/c1-21-8-5-6-9-23(21)19-30-14-16-31(17-15-30)27(33)25-20-32(24-11-3-2-4-12-24)29-26(25)22-10-7-13-28-18-22/h2-13,18,20H,14-17,19H2,1H3. The summed E-state index contributed by atoms with van der Waals surface area (Å²) in [5, 5.41) is 4.77. The van der Waals surface area contributed by atoms with Gasteiger partial charge in [0.05, 0.1) is 11.3 Å². The average Bonchev–Trinajstić information content (AvgIpc) is 3.32. The summed E-state index contributed by atoms with van der Waals surface area (Å²) >= 11 is 0. The molecule has 2 aromatic carbocycles. The van der Waals surface area contributed by atoms with Crippen LogP contribution in [0.2, 0.25) is 0 Å². The number of benzene rings is 2. The van der Waals surface area contributed by atoms with Crippen LogP contribution in [-0.2, 0) is 6.54 Å². The number of piperazine rings is 1. The van der Waals surface area contributed by atoms with Crippen molar-refractivity contribution in [1.29, 1.82) is 0 Å². The van der Waals surface area contributed by atoms with Gasteiger partial charge in [-0.05, 0) is 42.3 Å². The molecule has 0 bridgehead atoms. The van der Waals surface area contributed by atoms with Gasteiger partial charge in [0.15, 0.2) is 0 Å². The lowest BCUT2D eigenvalue weighted by molar-refractivity contribution is 0.0629. The van der Waals surface area contributed by atoms with Crippen LogP contribution in [0.25, 0.3) is 16.9 Å². The second kappa shape index (κ2) is 9.38. The van der Waals surface area contributed by atoms with E-state index < -0.39 is 0 Å². The summed E-state index contributed by atoms with van der Waals surface area (Å²) in [6, 6.07) is 22.2. The Bertz CT molecular complexity index is 1230. The first-order valence-corrected chi connectivity index (χ1v) is 11.3. The Hall–Kier alpha value is -3.77. The quantitative estimate of drug-likeness (QED) is 0.470. The van der Waals surface area contributed by atoms with Crippen LogP contribution in [0.4, 0.5) is 0 Å². The molecule has 0 spiro atoms. The van der Waals surface area contributed by atoms with Gasteiger partial charge in [0, 0.05) is 56.9 Å². The fourth-order valence-corrected chi connectivity index (χ4v) is 4.27. The third-order valence-electron chi connectivity index (χ3n) is 6.22. The third kappa shape index (κ3) is 4.56. The molecule has 4 aromatic rings. The molecular weight excluding hydrogens is 410 g/mol. The fraction of sp³-hybridized carbons (Fsp3) is 0.222. The number of pyridine rings is 1. The molecule has 0 radical (unpaired) electrons. The molecule has 6 nitrogen and oxygen atoms in total. The molecular formula is C27H27N5O. The number of nitrogens with zero attached hydrogens (tertiary/aromatic N) is 5. The zero-order valence-corrected chi connectivity index (χ0v) is 18.8. The van der Waals surface area contributed by atoms with Crippen molar-refractivity contribution >= 4 is 5.91 Å². The Kier molecular flexibility index (Phi) is 6.00. The largest absolute Gasteiger partial charge is 0.336 e. The van der Waals surface area contributed by atoms with Crippen LogP contribution in [0, 0.1) is 6.92 Å². The maximum Gasteiger partial charge on any atom is 0.257 e. The summed E-state index contributed by atoms with van der Waals surface area (Å²) in [6.07, 6.45) is 5.33. The van der Waals surface area contributed by atoms with Crippen molar-refractivity contribution in [2.75, 3.05) is 26.2 Å². The van der Waals surface area contributed by atoms with Gasteiger partial charge in [0.2, 0.25) is 0 Å². The van der Waals surface area contributed by atoms with E-state index in [4.69, 9.17) is 5.10 Å². The molecule has 166 valence electrons. The maximum absolute atomic E-state index is 13.6. The van der Waals surface area contributed by atoms with Crippen molar-refractivity contribution < 1.29 is 4.79 Å². The van der Waals surface area contributed by atoms with Gasteiger partial charge in [-0.15, -0.1) is 0 Å². The lowest BCUT2D eigenvalue weighted by atomic mass is 10.1. The molecule has 1 aliphatic rings. The fourth-order valence-electron chi connectivity index (χ4n) is 4.27. The summed E-state index contributed by atoms with van der Waals surface area (Å²) < 4.78 is 1.78. The van der Waals surface area contributed by atoms with Crippen molar-refractivity contribution in [3.63, 3.8) is 0 Å². The predicted octanol–water partition coefficient (Wildman–Crippen LogP) is 4.20. The van der Waals surface area contributed by atoms with Gasteiger partial charge in [0.1, 0.15) is 5.69 Å². The summed E-state index contributed by atoms with van der Waals surface area (Å²) in [4.78, 5) is 22.2. The Morgan fingerprint density at radius 2 is 1.67 bits per heavy atom. The highest BCUT2D eigenvalue weighted by Crippen LogP contribution is 2.25. The van der Waals surface area contributed by atoms with Crippen LogP contribution in [0.1, 0.15) is 21.5 Å². The molecule has 0 unspecified atom stereocenters. The first-order chi connectivity index (χ1) is 16.2. The van der Waals surface area contributed by atoms with E-state index in [0.717, 1.165) is 30.9 Å². The molecule has 0 saturated carbocycles. The number of carbonyl (C=O) groups is 1. The molecule has 1 aliphatic heterocycles. The van der Waals surface area contributed by atoms with E-state index in [-0.39, 0.29) is 5.91 Å². The van der Waals surface area contributed by atoms with E-state index in [9.17, 15) is 4.79 Å². The van der Waals surface area contributed by atoms with E-state index >= 15 is 0 Å². The number of aromatic nitrogens is 3. The molecule has 1 fully saturated rings. The van der Waals surface area contributed by atoms with E-state index in [1.165, 1.54) is 11.1 Å². The minimum atomic E-state index is 0.0200. The molecule has 3 heterocycles. The molecule has 5 rings (SSSR count). The molecule has 0 atom stereocenters. The van der Waals surface area contributed by atoms with Crippen LogP contribution in [0.15, 0.2) is 85.3 Å². The number of hydrogen-bond acceptors (Lipinski definition) is 4. The van der Waals surface area contributed by atoms with Crippen molar-refractivity contribution in [3.8, 4) is 16.9 Å². The summed E-state index contributed by atoms with van der Waals surface area (Å²) in [7, 11) is 0. The Balaban J connectivity index is 1.36. The zero-order valence-electron chi connectivity index (χ0n) is 18.8. The third-order valence-corrected chi connectivity index (χ3v) is 6.22. The number of para-hydroxylation sites is 1. The van der Waals surface area contributed by atoms with Crippen LogP contribution in [-0.4, -0.2) is 56.7 Å². The van der Waals surface area contributed by atoms with E-state index in [2.05, 4.69) is 41.1 Å². The molecule has 2 aromatic heterocycles. The Morgan fingerprint density at radius 3 is 2.39 bits per heavy atom. The lowest BCUT2D eigenvalue weighted by Gasteiger charge is -2.35. The van der Waals surface area contributed by atoms with Gasteiger partial charge in [-0.25, -0.2) is 4.68 Å². The zero-order chi connectivity index (χ0) is 22.6. The molecule has 6 heteroatoms. The van der Waals surface area contributed by atoms with Gasteiger partial charge in [-0.1, -0.05) is 42.5 Å². The molecule has 1 saturated heterocycles. The van der Waals surface area contributed by atoms with Crippen LogP contribution in [0.5, 0.6) is 0 Å². The second-order valence-corrected chi connectivity index (χ2v) is 8.41. The van der Waals surface area contributed by atoms with E-state index in [0.29, 0.717) is 24.3 Å². The average molecular weight is 438 g/mol. The topological polar surface area (TPSA) is 54.3 Å². The highest BCUT2D eigenvalue weighted by atomic mass is 16.2. The SMILES string of the molecule is Cc1ccccc1CN1CCN(C(=O)c2cn(-c3ccccc3)nc2-c2cccnc2)CC1. The van der Waals surface area contributed by atoms with Gasteiger partial charge in [0.25, 0.3) is 5.91 Å². The smallest absolute Gasteiger partial charge is 0.257 e. The maximum atomic E-state index is 13.6. The number of hydrogen-bond donors (Lipinski definition) is 0. The molecule has 33 heavy (non-hydrogen) atoms. The van der Waals surface area contributed by atoms with Gasteiger partial charge < -0.3 is 4.90 Å². The van der Waals surface area contributed by atoms with Crippen molar-refractivity contribution in [2.45, 2.75) is 13.5 Å². The summed E-state index contributed by atoms with van der Waals surface area (Å²) in [5.74, 6) is 0.0200. The van der Waals surface area contributed by atoms with E-state index in [1.54, 1.807) is 17.1 Å². The van der Waals surface area contributed by atoms with Gasteiger partial charge >= 0.3 is 0 Å². The predicted molar refractivity (Wildman–Crippen MR) is 129 cm³/mol. The highest BCUT2D eigenvalue weighted by molar-refractivity contribution is 6.00. The van der Waals surface area contributed by atoms with Gasteiger partial charge in [-0.2, -0.15) is 5.10 Å². The first kappa shape index (κ1) is 21.1. The highest BCUT2D eigenvalue weighted by Gasteiger charge is 2.27. The van der Waals surface area contributed by atoms with E-state index in [1.807, 2.05) is 53.6 Å². The molecule has 1 amide bonds. The van der Waals surface area contributed by atoms with Crippen molar-refractivity contribution in [1.82, 2.24) is 24.6 Å². The van der Waals surface area contributed by atoms with Crippen LogP contribution in [0.3, 0.4) is 0 Å². The van der Waals surface area contributed by atoms with Crippen molar-refractivity contribution in [2.24, 2.45) is 0 Å². The van der Waals surface area contributed by atoms with Crippen molar-refractivity contribution in [3.05, 3.63) is 102 Å². The molecule has 0 N–H and O–H groups in total. The van der Waals surface area contributed by atoms with Crippen LogP contribution < -0.4 is 0 Å². The lowest BCUT2D eigenvalue weighted by Crippen LogP contribution is -2.48. The van der Waals surface area contributed by atoms with Crippen LogP contribution >= 0.6 is 0 Å². The normalized spacial score (nSPS) is 14.4. The Morgan fingerprint density at radius 1 is 0.909 bits per heavy atom. The first-order valence-electron chi connectivity index (χ1n) is 11.3. The minimum Gasteiger partial charge on any atom is -0.336 e. The monoisotopic (exact) mass is 437 g/mol. The number of rotatable bonds is 5. The number of aryl methyl sites for hydroxylation is 1. The number of amides is 1. The summed E-state index contributed by atoms with van der Waals surface area (Å²) in [5.41, 5.74) is 5.70. The second-order valence-electron chi connectivity index (χ2n) is 8.41. The summed E-state index contributed by atoms with van der Waals surface area (Å²) in [6.45, 7) is 6.19. The van der Waals surface area contributed by atoms with Gasteiger partial charge in [-0.3, -0.25) is 14.7 Å². The number of carbonyl (C=O) groups excluding carboxylic acids is 1. The Labute approximate surface area is 194 Å².